The summed E-state index contributed by atoms with van der Waals surface area (Å²) in [5.74, 6) is 0.197. The van der Waals surface area contributed by atoms with Crippen molar-refractivity contribution in [3.63, 3.8) is 0 Å². The van der Waals surface area contributed by atoms with Crippen molar-refractivity contribution in [2.45, 2.75) is 164 Å². The van der Waals surface area contributed by atoms with E-state index in [0.717, 1.165) is 0 Å². The van der Waals surface area contributed by atoms with Crippen LogP contribution in [0.2, 0.25) is 0 Å². The predicted molar refractivity (Wildman–Crippen MR) is 190 cm³/mol. The smallest absolute Gasteiger partial charge is 0.331 e. The molecule has 0 spiro atoms. The molecular formula is C34H57O18P3. The van der Waals surface area contributed by atoms with Crippen molar-refractivity contribution in [1.29, 1.82) is 0 Å². The Kier molecular flexibility index (Phi) is 10.7. The molecule has 21 heteroatoms. The van der Waals surface area contributed by atoms with Crippen LogP contribution < -0.4 is 0 Å². The van der Waals surface area contributed by atoms with Gasteiger partial charge in [-0.15, -0.1) is 0 Å². The van der Waals surface area contributed by atoms with Gasteiger partial charge in [-0.2, -0.15) is 0 Å². The second-order valence-electron chi connectivity index (χ2n) is 17.8. The van der Waals surface area contributed by atoms with Crippen molar-refractivity contribution in [2.24, 2.45) is 5.92 Å². The van der Waals surface area contributed by atoms with Crippen LogP contribution in [0, 0.1) is 5.92 Å². The van der Waals surface area contributed by atoms with E-state index in [9.17, 15) is 28.4 Å². The van der Waals surface area contributed by atoms with Crippen LogP contribution in [-0.4, -0.2) is 161 Å². The molecule has 0 aromatic carbocycles. The second-order valence-corrected chi connectivity index (χ2v) is 23.2. The summed E-state index contributed by atoms with van der Waals surface area (Å²) in [5.41, 5.74) is -5.38. The summed E-state index contributed by atoms with van der Waals surface area (Å²) in [6.45, 7) is 14.7. The highest BCUT2D eigenvalue weighted by Gasteiger charge is 2.70. The molecule has 316 valence electrons. The third-order valence-electron chi connectivity index (χ3n) is 12.3. The molecule has 3 N–H and O–H groups in total. The number of hydrogen-bond acceptors (Lipinski definition) is 15. The Morgan fingerprint density at radius 1 is 0.527 bits per heavy atom. The zero-order valence-corrected chi connectivity index (χ0v) is 35.2. The van der Waals surface area contributed by atoms with Crippen molar-refractivity contribution in [1.82, 2.24) is 0 Å². The fourth-order valence-corrected chi connectivity index (χ4v) is 15.9. The fourth-order valence-electron chi connectivity index (χ4n) is 10.6. The van der Waals surface area contributed by atoms with Gasteiger partial charge in [-0.05, 0) is 53.9 Å². The van der Waals surface area contributed by atoms with Crippen LogP contribution in [-0.2, 0) is 69.9 Å². The third-order valence-corrected chi connectivity index (χ3v) is 16.8. The Bertz CT molecular complexity index is 1630. The van der Waals surface area contributed by atoms with Gasteiger partial charge in [0.1, 0.15) is 71.2 Å². The molecular weight excluding hydrogens is 789 g/mol. The zero-order valence-electron chi connectivity index (χ0n) is 32.5. The molecule has 8 aliphatic rings. The van der Waals surface area contributed by atoms with Crippen molar-refractivity contribution in [3.8, 4) is 0 Å². The van der Waals surface area contributed by atoms with Gasteiger partial charge in [0, 0.05) is 0 Å². The molecule has 0 saturated carbocycles. The van der Waals surface area contributed by atoms with E-state index in [4.69, 9.17) is 56.2 Å². The van der Waals surface area contributed by atoms with Crippen LogP contribution in [0.15, 0.2) is 0 Å². The van der Waals surface area contributed by atoms with Crippen LogP contribution in [0.4, 0.5) is 0 Å². The molecule has 0 aliphatic carbocycles. The number of rotatable bonds is 16. The minimum Gasteiger partial charge on any atom is -0.370 e. The van der Waals surface area contributed by atoms with Crippen LogP contribution in [0.3, 0.4) is 0 Å². The molecule has 0 aromatic heterocycles. The van der Waals surface area contributed by atoms with Crippen molar-refractivity contribution < 1.29 is 84.6 Å². The minimum atomic E-state index is -4.73. The van der Waals surface area contributed by atoms with Gasteiger partial charge in [-0.3, -0.25) is 27.3 Å². The lowest BCUT2D eigenvalue weighted by Gasteiger charge is -2.36. The predicted octanol–water partition coefficient (Wildman–Crippen LogP) is 2.76. The van der Waals surface area contributed by atoms with Crippen molar-refractivity contribution in [2.75, 3.05) is 44.9 Å². The van der Waals surface area contributed by atoms with E-state index < -0.39 is 125 Å². The molecule has 19 atom stereocenters. The van der Waals surface area contributed by atoms with E-state index in [1.54, 1.807) is 13.8 Å². The average Bonchev–Trinajstić information content (AvgIpc) is 3.88. The van der Waals surface area contributed by atoms with E-state index in [0.29, 0.717) is 6.42 Å². The topological polar surface area (TPSA) is 223 Å². The maximum absolute atomic E-state index is 14.2. The van der Waals surface area contributed by atoms with Gasteiger partial charge in [-0.1, -0.05) is 13.8 Å². The second kappa shape index (κ2) is 14.1. The fraction of sp³-hybridized carbons (Fsp3) is 1.00. The minimum absolute atomic E-state index is 0.0367. The SMILES string of the molecule is CC(C)C[C@@]12COC([C@H](C)O1)[C@H]2OP(=O)(O)C[C@@]12COC([C@H](C)O1)[C@H]2OP(=O)(O)C[C@@]12COC([C@H](C)O1)[C@H]2OP(=O)(O)C[C@@]12COC([C@H](C)O1)[C@H]2OC(C)C. The quantitative estimate of drug-likeness (QED) is 0.190. The van der Waals surface area contributed by atoms with E-state index in [1.165, 1.54) is 0 Å². The summed E-state index contributed by atoms with van der Waals surface area (Å²) < 4.78 is 115. The van der Waals surface area contributed by atoms with Gasteiger partial charge in [0.15, 0.2) is 0 Å². The summed E-state index contributed by atoms with van der Waals surface area (Å²) in [4.78, 5) is 34.4. The highest BCUT2D eigenvalue weighted by Crippen LogP contribution is 2.63. The normalized spacial score (nSPS) is 51.4. The van der Waals surface area contributed by atoms with E-state index in [1.807, 2.05) is 41.5 Å². The average molecular weight is 847 g/mol. The molecule has 8 rings (SSSR count). The Morgan fingerprint density at radius 2 is 0.818 bits per heavy atom. The molecule has 8 saturated heterocycles. The Labute approximate surface area is 321 Å². The Balaban J connectivity index is 0.978. The molecule has 0 radical (unpaired) electrons. The highest BCUT2D eigenvalue weighted by atomic mass is 31.2. The third kappa shape index (κ3) is 7.27. The molecule has 8 aliphatic heterocycles. The molecule has 8 bridgehead atoms. The zero-order chi connectivity index (χ0) is 39.7. The molecule has 8 fully saturated rings. The van der Waals surface area contributed by atoms with Crippen LogP contribution in [0.25, 0.3) is 0 Å². The van der Waals surface area contributed by atoms with Gasteiger partial charge in [0.05, 0.1) is 75.4 Å². The molecule has 8 heterocycles. The van der Waals surface area contributed by atoms with Crippen molar-refractivity contribution >= 4 is 22.8 Å². The van der Waals surface area contributed by atoms with Crippen LogP contribution in [0.1, 0.15) is 61.8 Å². The molecule has 18 nitrogen and oxygen atoms in total. The first-order valence-corrected chi connectivity index (χ1v) is 24.6. The number of fused-ring (bicyclic) bond motifs is 8. The van der Waals surface area contributed by atoms with Crippen LogP contribution in [0.5, 0.6) is 0 Å². The van der Waals surface area contributed by atoms with Gasteiger partial charge in [0.25, 0.3) is 0 Å². The number of hydrogen-bond donors (Lipinski definition) is 3. The first-order chi connectivity index (χ1) is 25.5. The lowest BCUT2D eigenvalue weighted by atomic mass is 9.89. The summed E-state index contributed by atoms with van der Waals surface area (Å²) in [5, 5.41) is 0. The van der Waals surface area contributed by atoms with Crippen LogP contribution >= 0.6 is 22.8 Å². The van der Waals surface area contributed by atoms with Gasteiger partial charge in [0.2, 0.25) is 0 Å². The maximum Gasteiger partial charge on any atom is 0.331 e. The number of ether oxygens (including phenoxy) is 9. The van der Waals surface area contributed by atoms with E-state index in [-0.39, 0.29) is 50.7 Å². The summed E-state index contributed by atoms with van der Waals surface area (Å²) in [6.07, 6.45) is -9.88. The molecule has 0 aromatic rings. The first-order valence-electron chi connectivity index (χ1n) is 19.4. The van der Waals surface area contributed by atoms with E-state index >= 15 is 0 Å². The maximum atomic E-state index is 14.2. The molecule has 0 amide bonds. The monoisotopic (exact) mass is 846 g/mol. The summed E-state index contributed by atoms with van der Waals surface area (Å²) in [6, 6.07) is 0. The molecule has 55 heavy (non-hydrogen) atoms. The lowest BCUT2D eigenvalue weighted by Crippen LogP contribution is -2.49. The van der Waals surface area contributed by atoms with E-state index in [2.05, 4.69) is 0 Å². The Hall–Kier alpha value is 0.0900. The first kappa shape index (κ1) is 41.8. The van der Waals surface area contributed by atoms with Crippen molar-refractivity contribution in [3.05, 3.63) is 0 Å². The van der Waals surface area contributed by atoms with Gasteiger partial charge < -0.3 is 57.3 Å². The summed E-state index contributed by atoms with van der Waals surface area (Å²) in [7, 11) is -13.8. The standard InChI is InChI=1S/C34H57O18P3/c1-17(2)9-31-10-41-24(20(6)46-31)28(31)50-54(37,38)15-33-12-43-26(22(8)48-33)30(33)52-55(39,40)16-34-13-44-25(21(7)49-34)29(34)51-53(35,36)14-32-11-42-23(19(5)47-32)27(32)45-18(3)4/h17-30H,9-16H2,1-8H3,(H,35,36)(H,37,38)(H,39,40)/t19-,20-,21-,22-,23?,24?,25?,26?,27+,28+,29+,30+,31-,32+,33+,34+/m0/s1. The van der Waals surface area contributed by atoms with Gasteiger partial charge >= 0.3 is 22.8 Å². The van der Waals surface area contributed by atoms with Gasteiger partial charge in [-0.25, -0.2) is 0 Å². The highest BCUT2D eigenvalue weighted by molar-refractivity contribution is 7.53. The Morgan fingerprint density at radius 3 is 1.15 bits per heavy atom. The largest absolute Gasteiger partial charge is 0.370 e. The lowest BCUT2D eigenvalue weighted by molar-refractivity contribution is -0.145. The molecule has 7 unspecified atom stereocenters. The summed E-state index contributed by atoms with van der Waals surface area (Å²) >= 11 is 0.